The first-order valence-electron chi connectivity index (χ1n) is 8.84. The predicted molar refractivity (Wildman–Crippen MR) is 98.1 cm³/mol. The molecule has 0 saturated heterocycles. The van der Waals surface area contributed by atoms with E-state index in [4.69, 9.17) is 0 Å². The normalized spacial score (nSPS) is 19.3. The molecule has 138 valence electrons. The maximum atomic E-state index is 12.6. The van der Waals surface area contributed by atoms with E-state index in [1.165, 1.54) is 12.1 Å². The summed E-state index contributed by atoms with van der Waals surface area (Å²) >= 11 is 0. The molecule has 2 N–H and O–H groups in total. The minimum absolute atomic E-state index is 0.0551. The van der Waals surface area contributed by atoms with E-state index in [2.05, 4.69) is 21.1 Å². The van der Waals surface area contributed by atoms with Crippen LogP contribution in [-0.4, -0.2) is 26.7 Å². The minimum Gasteiger partial charge on any atom is -0.325 e. The van der Waals surface area contributed by atoms with Crippen LogP contribution >= 0.6 is 0 Å². The van der Waals surface area contributed by atoms with E-state index < -0.39 is 15.4 Å². The van der Waals surface area contributed by atoms with Gasteiger partial charge in [-0.05, 0) is 37.5 Å². The van der Waals surface area contributed by atoms with Gasteiger partial charge in [0, 0.05) is 18.7 Å². The number of anilines is 1. The third-order valence-electron chi connectivity index (χ3n) is 4.88. The van der Waals surface area contributed by atoms with Gasteiger partial charge in [-0.1, -0.05) is 25.3 Å². The molecule has 0 spiro atoms. The Labute approximate surface area is 153 Å². The van der Waals surface area contributed by atoms with Crippen LogP contribution in [-0.2, 0) is 14.8 Å². The Morgan fingerprint density at radius 1 is 1.19 bits per heavy atom. The first kappa shape index (κ1) is 18.4. The van der Waals surface area contributed by atoms with Crippen molar-refractivity contribution in [3.63, 3.8) is 0 Å². The third-order valence-corrected chi connectivity index (χ3v) is 6.26. The number of rotatable bonds is 4. The van der Waals surface area contributed by atoms with Crippen LogP contribution in [0.15, 0.2) is 34.2 Å². The quantitative estimate of drug-likeness (QED) is 0.843. The van der Waals surface area contributed by atoms with Gasteiger partial charge in [0.25, 0.3) is 10.0 Å². The van der Waals surface area contributed by atoms with E-state index in [1.54, 1.807) is 12.1 Å². The van der Waals surface area contributed by atoms with Crippen molar-refractivity contribution in [2.24, 2.45) is 10.4 Å². The van der Waals surface area contributed by atoms with Crippen LogP contribution in [0.2, 0.25) is 0 Å². The number of hydrogen-bond donors (Lipinski definition) is 2. The van der Waals surface area contributed by atoms with Crippen molar-refractivity contribution in [3.05, 3.63) is 24.3 Å². The van der Waals surface area contributed by atoms with Crippen LogP contribution in [0.4, 0.5) is 5.69 Å². The number of benzene rings is 1. The third kappa shape index (κ3) is 3.88. The molecule has 0 atom stereocenters. The molecule has 26 heavy (non-hydrogen) atoms. The SMILES string of the molecule is N#CC1(C(=O)Nc2cccc(S(=O)(=O)NC3=NCCC3)c2)CCCCC1. The van der Waals surface area contributed by atoms with Crippen molar-refractivity contribution in [3.8, 4) is 6.07 Å². The lowest BCUT2D eigenvalue weighted by Crippen LogP contribution is -2.36. The number of carbonyl (C=O) groups excluding carboxylic acids is 1. The topological polar surface area (TPSA) is 111 Å². The van der Waals surface area contributed by atoms with Crippen LogP contribution < -0.4 is 10.0 Å². The Hall–Kier alpha value is -2.40. The highest BCUT2D eigenvalue weighted by molar-refractivity contribution is 7.90. The molecule has 3 rings (SSSR count). The van der Waals surface area contributed by atoms with E-state index in [0.29, 0.717) is 37.3 Å². The first-order valence-corrected chi connectivity index (χ1v) is 10.3. The second-order valence-corrected chi connectivity index (χ2v) is 8.46. The summed E-state index contributed by atoms with van der Waals surface area (Å²) in [5, 5.41) is 12.2. The van der Waals surface area contributed by atoms with Crippen LogP contribution in [0.3, 0.4) is 0 Å². The predicted octanol–water partition coefficient (Wildman–Crippen LogP) is 2.57. The summed E-state index contributed by atoms with van der Waals surface area (Å²) in [6.07, 6.45) is 5.25. The molecule has 1 aromatic carbocycles. The Balaban J connectivity index is 1.77. The molecule has 1 saturated carbocycles. The number of nitrogens with zero attached hydrogens (tertiary/aromatic N) is 2. The number of sulfonamides is 1. The number of carbonyl (C=O) groups is 1. The van der Waals surface area contributed by atoms with Crippen LogP contribution in [0.1, 0.15) is 44.9 Å². The number of nitrogens with one attached hydrogen (secondary N) is 2. The number of amidine groups is 1. The molecular weight excluding hydrogens is 352 g/mol. The van der Waals surface area contributed by atoms with Gasteiger partial charge in [-0.2, -0.15) is 5.26 Å². The zero-order valence-corrected chi connectivity index (χ0v) is 15.3. The molecule has 1 aliphatic carbocycles. The fourth-order valence-corrected chi connectivity index (χ4v) is 4.51. The molecule has 0 aromatic heterocycles. The zero-order valence-electron chi connectivity index (χ0n) is 14.5. The average Bonchev–Trinajstić information content (AvgIpc) is 3.14. The largest absolute Gasteiger partial charge is 0.325 e. The summed E-state index contributed by atoms with van der Waals surface area (Å²) in [5.41, 5.74) is -0.657. The monoisotopic (exact) mass is 374 g/mol. The van der Waals surface area contributed by atoms with Crippen molar-refractivity contribution < 1.29 is 13.2 Å². The minimum atomic E-state index is -3.74. The standard InChI is InChI=1S/C18H22N4O3S/c19-13-18(9-2-1-3-10-18)17(23)21-14-6-4-7-15(12-14)26(24,25)22-16-8-5-11-20-16/h4,6-7,12H,1-3,5,8-11H2,(H,20,22)(H,21,23). The Kier molecular flexibility index (Phi) is 5.28. The van der Waals surface area contributed by atoms with E-state index in [1.807, 2.05) is 0 Å². The summed E-state index contributed by atoms with van der Waals surface area (Å²) in [5.74, 6) is 0.104. The summed E-state index contributed by atoms with van der Waals surface area (Å²) in [7, 11) is -3.74. The van der Waals surface area contributed by atoms with Gasteiger partial charge in [-0.3, -0.25) is 14.5 Å². The van der Waals surface area contributed by atoms with Gasteiger partial charge in [0.1, 0.15) is 11.3 Å². The van der Waals surface area contributed by atoms with Crippen molar-refractivity contribution >= 4 is 27.5 Å². The van der Waals surface area contributed by atoms with Gasteiger partial charge < -0.3 is 5.32 Å². The highest BCUT2D eigenvalue weighted by Gasteiger charge is 2.39. The van der Waals surface area contributed by atoms with Gasteiger partial charge >= 0.3 is 0 Å². The maximum absolute atomic E-state index is 12.6. The molecule has 2 aliphatic rings. The number of nitriles is 1. The van der Waals surface area contributed by atoms with E-state index in [0.717, 1.165) is 25.7 Å². The lowest BCUT2D eigenvalue weighted by Gasteiger charge is -2.29. The Bertz CT molecular complexity index is 865. The second-order valence-electron chi connectivity index (χ2n) is 6.77. The fourth-order valence-electron chi connectivity index (χ4n) is 3.37. The first-order chi connectivity index (χ1) is 12.5. The fraction of sp³-hybridized carbons (Fsp3) is 0.500. The molecule has 1 aromatic rings. The van der Waals surface area contributed by atoms with Gasteiger partial charge in [0.2, 0.25) is 5.91 Å². The molecule has 1 amide bonds. The van der Waals surface area contributed by atoms with E-state index in [-0.39, 0.29) is 10.8 Å². The summed E-state index contributed by atoms with van der Waals surface area (Å²) in [6.45, 7) is 0.629. The molecule has 8 heteroatoms. The number of aliphatic imine (C=N–C) groups is 1. The molecule has 0 unspecified atom stereocenters. The van der Waals surface area contributed by atoms with Gasteiger partial charge in [0.15, 0.2) is 0 Å². The van der Waals surface area contributed by atoms with Crippen LogP contribution in [0, 0.1) is 16.7 Å². The summed E-state index contributed by atoms with van der Waals surface area (Å²) in [4.78, 5) is 16.8. The highest BCUT2D eigenvalue weighted by Crippen LogP contribution is 2.36. The number of amides is 1. The number of hydrogen-bond acceptors (Lipinski definition) is 5. The molecule has 1 heterocycles. The van der Waals surface area contributed by atoms with Crippen LogP contribution in [0.25, 0.3) is 0 Å². The molecule has 7 nitrogen and oxygen atoms in total. The average molecular weight is 374 g/mol. The van der Waals surface area contributed by atoms with Gasteiger partial charge in [0.05, 0.1) is 11.0 Å². The van der Waals surface area contributed by atoms with E-state index >= 15 is 0 Å². The van der Waals surface area contributed by atoms with Crippen molar-refractivity contribution in [2.45, 2.75) is 49.8 Å². The molecule has 1 fully saturated rings. The van der Waals surface area contributed by atoms with E-state index in [9.17, 15) is 18.5 Å². The summed E-state index contributed by atoms with van der Waals surface area (Å²) in [6, 6.07) is 8.24. The second kappa shape index (κ2) is 7.46. The molecular formula is C18H22N4O3S. The summed E-state index contributed by atoms with van der Waals surface area (Å²) < 4.78 is 27.5. The molecule has 0 bridgehead atoms. The van der Waals surface area contributed by atoms with Gasteiger partial charge in [-0.15, -0.1) is 0 Å². The Morgan fingerprint density at radius 3 is 2.62 bits per heavy atom. The van der Waals surface area contributed by atoms with Crippen molar-refractivity contribution in [2.75, 3.05) is 11.9 Å². The van der Waals surface area contributed by atoms with Gasteiger partial charge in [-0.25, -0.2) is 8.42 Å². The molecule has 1 aliphatic heterocycles. The lowest BCUT2D eigenvalue weighted by atomic mass is 9.74. The lowest BCUT2D eigenvalue weighted by molar-refractivity contribution is -0.124. The maximum Gasteiger partial charge on any atom is 0.262 e. The van der Waals surface area contributed by atoms with Crippen LogP contribution in [0.5, 0.6) is 0 Å². The zero-order chi connectivity index (χ0) is 18.6. The van der Waals surface area contributed by atoms with Crippen molar-refractivity contribution in [1.29, 1.82) is 5.26 Å². The highest BCUT2D eigenvalue weighted by atomic mass is 32.2. The Morgan fingerprint density at radius 2 is 1.96 bits per heavy atom. The van der Waals surface area contributed by atoms with Crippen molar-refractivity contribution in [1.82, 2.24) is 4.72 Å². The molecule has 0 radical (unpaired) electrons. The smallest absolute Gasteiger partial charge is 0.262 e.